The molecule has 3 amide bonds. The normalized spacial score (nSPS) is 20.7. The van der Waals surface area contributed by atoms with Gasteiger partial charge in [-0.15, -0.1) is 0 Å². The Morgan fingerprint density at radius 2 is 1.86 bits per heavy atom. The Morgan fingerprint density at radius 3 is 2.63 bits per heavy atom. The molecule has 0 bridgehead atoms. The SMILES string of the molecule is Cc1c[nH]c2ncc(-c3cc4c(c([C@@H]5COCCN5C(=O)OC(C)(C)C)c3)CN(C(=O)N3CCOCC3(C)C)CC4)cc12. The highest BCUT2D eigenvalue weighted by molar-refractivity contribution is 5.85. The van der Waals surface area contributed by atoms with Gasteiger partial charge >= 0.3 is 12.1 Å². The van der Waals surface area contributed by atoms with Crippen molar-refractivity contribution in [2.45, 2.75) is 71.7 Å². The third-order valence-electron chi connectivity index (χ3n) is 8.71. The monoisotopic (exact) mass is 589 g/mol. The maximum Gasteiger partial charge on any atom is 0.410 e. The first kappa shape index (κ1) is 29.4. The van der Waals surface area contributed by atoms with E-state index in [0.717, 1.165) is 38.9 Å². The minimum atomic E-state index is -0.620. The van der Waals surface area contributed by atoms with Crippen molar-refractivity contribution in [3.8, 4) is 11.1 Å². The molecule has 6 rings (SSSR count). The smallest absolute Gasteiger partial charge is 0.410 e. The van der Waals surface area contributed by atoms with E-state index in [2.05, 4.69) is 48.9 Å². The van der Waals surface area contributed by atoms with Crippen LogP contribution in [0.4, 0.5) is 9.59 Å². The average molecular weight is 590 g/mol. The highest BCUT2D eigenvalue weighted by Crippen LogP contribution is 2.38. The quantitative estimate of drug-likeness (QED) is 0.428. The maximum atomic E-state index is 13.9. The summed E-state index contributed by atoms with van der Waals surface area (Å²) >= 11 is 0. The predicted octanol–water partition coefficient (Wildman–Crippen LogP) is 5.44. The van der Waals surface area contributed by atoms with Crippen molar-refractivity contribution >= 4 is 23.2 Å². The molecule has 3 aliphatic rings. The van der Waals surface area contributed by atoms with Crippen LogP contribution < -0.4 is 0 Å². The summed E-state index contributed by atoms with van der Waals surface area (Å²) in [6, 6.07) is 6.23. The van der Waals surface area contributed by atoms with E-state index in [1.807, 2.05) is 43.0 Å². The molecule has 3 aromatic rings. The number of H-pyrrole nitrogens is 1. The zero-order valence-electron chi connectivity index (χ0n) is 26.2. The van der Waals surface area contributed by atoms with Crippen molar-refractivity contribution < 1.29 is 23.8 Å². The number of hydrogen-bond acceptors (Lipinski definition) is 6. The number of aromatic amines is 1. The number of nitrogens with one attached hydrogen (secondary N) is 1. The molecule has 43 heavy (non-hydrogen) atoms. The molecular formula is C33H43N5O5. The molecule has 10 nitrogen and oxygen atoms in total. The van der Waals surface area contributed by atoms with Crippen molar-refractivity contribution in [2.24, 2.45) is 0 Å². The number of carbonyl (C=O) groups is 2. The second-order valence-corrected chi connectivity index (χ2v) is 13.5. The molecule has 0 spiro atoms. The third-order valence-corrected chi connectivity index (χ3v) is 8.71. The van der Waals surface area contributed by atoms with E-state index < -0.39 is 5.60 Å². The third kappa shape index (κ3) is 5.82. The van der Waals surface area contributed by atoms with Crippen molar-refractivity contribution in [3.05, 3.63) is 52.8 Å². The van der Waals surface area contributed by atoms with Crippen molar-refractivity contribution in [1.82, 2.24) is 24.7 Å². The van der Waals surface area contributed by atoms with Gasteiger partial charge in [-0.1, -0.05) is 6.07 Å². The number of fused-ring (bicyclic) bond motifs is 2. The molecule has 0 saturated carbocycles. The summed E-state index contributed by atoms with van der Waals surface area (Å²) in [5.41, 5.74) is 6.28. The Labute approximate surface area is 253 Å². The largest absolute Gasteiger partial charge is 0.444 e. The molecular weight excluding hydrogens is 546 g/mol. The van der Waals surface area contributed by atoms with Crippen LogP contribution in [0.5, 0.6) is 0 Å². The highest BCUT2D eigenvalue weighted by atomic mass is 16.6. The Kier molecular flexibility index (Phi) is 7.62. The Bertz CT molecular complexity index is 1540. The van der Waals surface area contributed by atoms with Crippen LogP contribution in [0.2, 0.25) is 0 Å². The number of carbonyl (C=O) groups excluding carboxylic acids is 2. The van der Waals surface area contributed by atoms with E-state index in [9.17, 15) is 9.59 Å². The van der Waals surface area contributed by atoms with E-state index in [0.29, 0.717) is 59.0 Å². The number of amides is 3. The summed E-state index contributed by atoms with van der Waals surface area (Å²) < 4.78 is 17.5. The lowest BCUT2D eigenvalue weighted by Crippen LogP contribution is -2.59. The number of pyridine rings is 1. The molecule has 2 saturated heterocycles. The predicted molar refractivity (Wildman–Crippen MR) is 164 cm³/mol. The summed E-state index contributed by atoms with van der Waals surface area (Å²) in [5.74, 6) is 0. The Balaban J connectivity index is 1.42. The van der Waals surface area contributed by atoms with Gasteiger partial charge in [0.15, 0.2) is 0 Å². The molecule has 5 heterocycles. The molecule has 0 aliphatic carbocycles. The number of aryl methyl sites for hydroxylation is 1. The summed E-state index contributed by atoms with van der Waals surface area (Å²) in [6.07, 6.45) is 4.22. The number of benzene rings is 1. The van der Waals surface area contributed by atoms with Gasteiger partial charge < -0.3 is 29.0 Å². The first-order chi connectivity index (χ1) is 20.4. The fourth-order valence-electron chi connectivity index (χ4n) is 6.40. The summed E-state index contributed by atoms with van der Waals surface area (Å²) in [6.45, 7) is 15.7. The van der Waals surface area contributed by atoms with Crippen LogP contribution in [0.15, 0.2) is 30.6 Å². The minimum absolute atomic E-state index is 0.0236. The van der Waals surface area contributed by atoms with E-state index in [4.69, 9.17) is 14.2 Å². The van der Waals surface area contributed by atoms with Crippen LogP contribution in [0.25, 0.3) is 22.2 Å². The first-order valence-corrected chi connectivity index (χ1v) is 15.2. The van der Waals surface area contributed by atoms with Gasteiger partial charge in [0.2, 0.25) is 0 Å². The van der Waals surface area contributed by atoms with Crippen LogP contribution in [0.3, 0.4) is 0 Å². The van der Waals surface area contributed by atoms with E-state index >= 15 is 0 Å². The molecule has 10 heteroatoms. The molecule has 230 valence electrons. The molecule has 3 aliphatic heterocycles. The Morgan fingerprint density at radius 1 is 1.07 bits per heavy atom. The number of morpholine rings is 2. The van der Waals surface area contributed by atoms with E-state index in [1.165, 1.54) is 5.56 Å². The van der Waals surface area contributed by atoms with Gasteiger partial charge in [-0.3, -0.25) is 4.90 Å². The maximum absolute atomic E-state index is 13.9. The fourth-order valence-corrected chi connectivity index (χ4v) is 6.40. The van der Waals surface area contributed by atoms with Gasteiger partial charge in [0.1, 0.15) is 11.2 Å². The van der Waals surface area contributed by atoms with Gasteiger partial charge in [-0.05, 0) is 87.9 Å². The molecule has 1 aromatic carbocycles. The van der Waals surface area contributed by atoms with Gasteiger partial charge in [0.25, 0.3) is 0 Å². The standard InChI is InChI=1S/C33H43N5O5/c1-21-16-34-29-25(21)15-24(17-35-29)23-13-22-7-8-36(30(39)38-10-12-42-20-33(38,5)6)18-27(22)26(14-23)28-19-41-11-9-37(28)31(40)43-32(2,3)4/h13-17,28H,7-12,18-20H2,1-6H3,(H,34,35)/t28-/m0/s1. The van der Waals surface area contributed by atoms with Crippen LogP contribution in [0, 0.1) is 6.92 Å². The number of nitrogens with zero attached hydrogens (tertiary/aromatic N) is 4. The van der Waals surface area contributed by atoms with Gasteiger partial charge in [-0.25, -0.2) is 14.6 Å². The van der Waals surface area contributed by atoms with Crippen molar-refractivity contribution in [2.75, 3.05) is 46.1 Å². The van der Waals surface area contributed by atoms with Crippen LogP contribution >= 0.6 is 0 Å². The first-order valence-electron chi connectivity index (χ1n) is 15.2. The highest BCUT2D eigenvalue weighted by Gasteiger charge is 2.39. The molecule has 1 N–H and O–H groups in total. The number of ether oxygens (including phenoxy) is 3. The van der Waals surface area contributed by atoms with Crippen LogP contribution in [0.1, 0.15) is 62.9 Å². The second kappa shape index (κ2) is 11.1. The van der Waals surface area contributed by atoms with Crippen LogP contribution in [-0.2, 0) is 27.2 Å². The number of hydrogen-bond donors (Lipinski definition) is 1. The topological polar surface area (TPSA) is 100 Å². The molecule has 0 unspecified atom stereocenters. The Hall–Kier alpha value is -3.63. The molecule has 0 radical (unpaired) electrons. The van der Waals surface area contributed by atoms with Crippen molar-refractivity contribution in [3.63, 3.8) is 0 Å². The summed E-state index contributed by atoms with van der Waals surface area (Å²) in [7, 11) is 0. The number of rotatable bonds is 2. The summed E-state index contributed by atoms with van der Waals surface area (Å²) in [5, 5.41) is 1.08. The van der Waals surface area contributed by atoms with E-state index in [-0.39, 0.29) is 23.7 Å². The second-order valence-electron chi connectivity index (χ2n) is 13.5. The fraction of sp³-hybridized carbons (Fsp3) is 0.545. The molecule has 2 aromatic heterocycles. The van der Waals surface area contributed by atoms with Gasteiger partial charge in [0.05, 0.1) is 38.0 Å². The number of urea groups is 1. The molecule has 1 atom stereocenters. The number of aromatic nitrogens is 2. The molecule has 2 fully saturated rings. The van der Waals surface area contributed by atoms with Gasteiger partial charge in [-0.2, -0.15) is 0 Å². The average Bonchev–Trinajstić information content (AvgIpc) is 3.34. The van der Waals surface area contributed by atoms with Gasteiger partial charge in [0, 0.05) is 49.5 Å². The minimum Gasteiger partial charge on any atom is -0.444 e. The zero-order chi connectivity index (χ0) is 30.5. The van der Waals surface area contributed by atoms with Crippen LogP contribution in [-0.4, -0.2) is 94.0 Å². The lowest BCUT2D eigenvalue weighted by Gasteiger charge is -2.45. The lowest BCUT2D eigenvalue weighted by atomic mass is 9.87. The van der Waals surface area contributed by atoms with E-state index in [1.54, 1.807) is 4.90 Å². The van der Waals surface area contributed by atoms with Crippen molar-refractivity contribution in [1.29, 1.82) is 0 Å². The zero-order valence-corrected chi connectivity index (χ0v) is 26.2. The lowest BCUT2D eigenvalue weighted by molar-refractivity contribution is -0.0367. The summed E-state index contributed by atoms with van der Waals surface area (Å²) in [4.78, 5) is 40.9.